The predicted octanol–water partition coefficient (Wildman–Crippen LogP) is 4.21. The zero-order chi connectivity index (χ0) is 13.2. The Bertz CT molecular complexity index is 416. The first-order chi connectivity index (χ1) is 8.50. The molecule has 2 nitrogen and oxygen atoms in total. The molecule has 1 heterocycles. The summed E-state index contributed by atoms with van der Waals surface area (Å²) in [6.45, 7) is 5.94. The summed E-state index contributed by atoms with van der Waals surface area (Å²) in [5.74, 6) is 0. The van der Waals surface area contributed by atoms with Gasteiger partial charge in [0.1, 0.15) is 0 Å². The number of nitrogens with one attached hydrogen (secondary N) is 1. The Morgan fingerprint density at radius 1 is 1.44 bits per heavy atom. The molecule has 0 bridgehead atoms. The van der Waals surface area contributed by atoms with Crippen molar-refractivity contribution in [3.8, 4) is 0 Å². The second kappa shape index (κ2) is 5.79. The summed E-state index contributed by atoms with van der Waals surface area (Å²) in [5.41, 5.74) is 0.991. The Kier molecular flexibility index (Phi) is 4.54. The summed E-state index contributed by atoms with van der Waals surface area (Å²) >= 11 is 12.2. The summed E-state index contributed by atoms with van der Waals surface area (Å²) in [5, 5.41) is 4.94. The van der Waals surface area contributed by atoms with Gasteiger partial charge in [-0.3, -0.25) is 0 Å². The van der Waals surface area contributed by atoms with Crippen LogP contribution in [0, 0.1) is 0 Å². The van der Waals surface area contributed by atoms with Gasteiger partial charge in [-0.1, -0.05) is 23.2 Å². The van der Waals surface area contributed by atoms with Gasteiger partial charge in [0.2, 0.25) is 0 Å². The van der Waals surface area contributed by atoms with Crippen LogP contribution in [0.1, 0.15) is 38.3 Å². The highest BCUT2D eigenvalue weighted by atomic mass is 35.5. The molecule has 1 aromatic carbocycles. The lowest BCUT2D eigenvalue weighted by molar-refractivity contribution is 0.0191. The van der Waals surface area contributed by atoms with Crippen LogP contribution in [-0.2, 0) is 4.74 Å². The highest BCUT2D eigenvalue weighted by Crippen LogP contribution is 2.28. The fourth-order valence-electron chi connectivity index (χ4n) is 2.30. The van der Waals surface area contributed by atoms with E-state index in [1.165, 1.54) is 0 Å². The van der Waals surface area contributed by atoms with E-state index in [9.17, 15) is 0 Å². The van der Waals surface area contributed by atoms with Crippen LogP contribution in [0.2, 0.25) is 10.0 Å². The van der Waals surface area contributed by atoms with E-state index in [2.05, 4.69) is 19.2 Å². The van der Waals surface area contributed by atoms with Crippen molar-refractivity contribution in [1.82, 2.24) is 5.32 Å². The van der Waals surface area contributed by atoms with Gasteiger partial charge in [-0.2, -0.15) is 0 Å². The smallest absolute Gasteiger partial charge is 0.0779 e. The second-order valence-corrected chi connectivity index (χ2v) is 6.01. The van der Waals surface area contributed by atoms with Gasteiger partial charge in [-0.15, -0.1) is 0 Å². The molecule has 1 aliphatic rings. The molecule has 0 radical (unpaired) electrons. The molecule has 2 atom stereocenters. The van der Waals surface area contributed by atoms with Gasteiger partial charge in [0, 0.05) is 29.2 Å². The zero-order valence-corrected chi connectivity index (χ0v) is 12.3. The quantitative estimate of drug-likeness (QED) is 0.896. The standard InChI is InChI=1S/C14H19Cl2NO/c1-10(12-8-11(15)4-5-13(12)16)17-9-14(2)6-3-7-18-14/h4-5,8,10,17H,3,6-7,9H2,1-2H3. The lowest BCUT2D eigenvalue weighted by atomic mass is 10.0. The lowest BCUT2D eigenvalue weighted by Gasteiger charge is -2.26. The van der Waals surface area contributed by atoms with E-state index < -0.39 is 0 Å². The maximum Gasteiger partial charge on any atom is 0.0779 e. The summed E-state index contributed by atoms with van der Waals surface area (Å²) < 4.78 is 5.76. The third-order valence-corrected chi connectivity index (χ3v) is 4.09. The fourth-order valence-corrected chi connectivity index (χ4v) is 2.76. The van der Waals surface area contributed by atoms with Crippen LogP contribution in [-0.4, -0.2) is 18.8 Å². The Morgan fingerprint density at radius 2 is 2.22 bits per heavy atom. The van der Waals surface area contributed by atoms with Crippen molar-refractivity contribution in [2.75, 3.05) is 13.2 Å². The Hall–Kier alpha value is -0.280. The number of halogens is 2. The fraction of sp³-hybridized carbons (Fsp3) is 0.571. The Balaban J connectivity index is 1.99. The number of ether oxygens (including phenoxy) is 1. The number of rotatable bonds is 4. The van der Waals surface area contributed by atoms with E-state index in [-0.39, 0.29) is 11.6 Å². The molecule has 1 aromatic rings. The molecule has 4 heteroatoms. The lowest BCUT2D eigenvalue weighted by Crippen LogP contribution is -2.38. The number of benzene rings is 1. The molecule has 1 aliphatic heterocycles. The van der Waals surface area contributed by atoms with Crippen molar-refractivity contribution in [1.29, 1.82) is 0 Å². The molecule has 0 aromatic heterocycles. The summed E-state index contributed by atoms with van der Waals surface area (Å²) in [6.07, 6.45) is 2.25. The van der Waals surface area contributed by atoms with Gasteiger partial charge in [0.25, 0.3) is 0 Å². The van der Waals surface area contributed by atoms with Gasteiger partial charge in [0.15, 0.2) is 0 Å². The molecular formula is C14H19Cl2NO. The Morgan fingerprint density at radius 3 is 2.89 bits per heavy atom. The van der Waals surface area contributed by atoms with E-state index in [1.807, 2.05) is 18.2 Å². The minimum Gasteiger partial charge on any atom is -0.374 e. The van der Waals surface area contributed by atoms with Crippen molar-refractivity contribution in [2.45, 2.75) is 38.3 Å². The molecule has 1 fully saturated rings. The normalized spacial score (nSPS) is 25.3. The topological polar surface area (TPSA) is 21.3 Å². The van der Waals surface area contributed by atoms with Gasteiger partial charge in [-0.05, 0) is 50.5 Å². The van der Waals surface area contributed by atoms with E-state index in [0.29, 0.717) is 5.02 Å². The number of hydrogen-bond acceptors (Lipinski definition) is 2. The van der Waals surface area contributed by atoms with Crippen LogP contribution < -0.4 is 5.32 Å². The molecule has 0 amide bonds. The third kappa shape index (κ3) is 3.39. The monoisotopic (exact) mass is 287 g/mol. The SMILES string of the molecule is CC(NCC1(C)CCCO1)c1cc(Cl)ccc1Cl. The maximum absolute atomic E-state index is 6.19. The van der Waals surface area contributed by atoms with E-state index in [4.69, 9.17) is 27.9 Å². The first-order valence-electron chi connectivity index (χ1n) is 6.32. The first-order valence-corrected chi connectivity index (χ1v) is 7.08. The molecule has 1 N–H and O–H groups in total. The summed E-state index contributed by atoms with van der Waals surface area (Å²) in [6, 6.07) is 5.73. The maximum atomic E-state index is 6.19. The molecule has 2 unspecified atom stereocenters. The average molecular weight is 288 g/mol. The van der Waals surface area contributed by atoms with Gasteiger partial charge in [0.05, 0.1) is 5.60 Å². The minimum absolute atomic E-state index is 0.0424. The molecule has 100 valence electrons. The molecule has 0 saturated carbocycles. The van der Waals surface area contributed by atoms with E-state index in [1.54, 1.807) is 0 Å². The molecule has 1 saturated heterocycles. The van der Waals surface area contributed by atoms with Crippen molar-refractivity contribution in [2.24, 2.45) is 0 Å². The molecular weight excluding hydrogens is 269 g/mol. The molecule has 2 rings (SSSR count). The third-order valence-electron chi connectivity index (χ3n) is 3.51. The van der Waals surface area contributed by atoms with E-state index >= 15 is 0 Å². The first kappa shape index (κ1) is 14.1. The second-order valence-electron chi connectivity index (χ2n) is 5.17. The molecule has 0 aliphatic carbocycles. The molecule has 18 heavy (non-hydrogen) atoms. The van der Waals surface area contributed by atoms with Crippen LogP contribution in [0.4, 0.5) is 0 Å². The van der Waals surface area contributed by atoms with Crippen LogP contribution in [0.5, 0.6) is 0 Å². The Labute approximate surface area is 119 Å². The van der Waals surface area contributed by atoms with E-state index in [0.717, 1.165) is 36.6 Å². The van der Waals surface area contributed by atoms with Gasteiger partial charge < -0.3 is 10.1 Å². The summed E-state index contributed by atoms with van der Waals surface area (Å²) in [4.78, 5) is 0. The van der Waals surface area contributed by atoms with Crippen LogP contribution in [0.3, 0.4) is 0 Å². The van der Waals surface area contributed by atoms with Crippen LogP contribution >= 0.6 is 23.2 Å². The minimum atomic E-state index is -0.0424. The van der Waals surface area contributed by atoms with Crippen LogP contribution in [0.15, 0.2) is 18.2 Å². The largest absolute Gasteiger partial charge is 0.374 e. The zero-order valence-electron chi connectivity index (χ0n) is 10.8. The summed E-state index contributed by atoms with van der Waals surface area (Å²) in [7, 11) is 0. The van der Waals surface area contributed by atoms with Crippen molar-refractivity contribution in [3.63, 3.8) is 0 Å². The highest BCUT2D eigenvalue weighted by molar-refractivity contribution is 6.33. The average Bonchev–Trinajstić information content (AvgIpc) is 2.77. The molecule has 0 spiro atoms. The highest BCUT2D eigenvalue weighted by Gasteiger charge is 2.29. The van der Waals surface area contributed by atoms with Crippen LogP contribution in [0.25, 0.3) is 0 Å². The van der Waals surface area contributed by atoms with Crippen molar-refractivity contribution < 1.29 is 4.74 Å². The van der Waals surface area contributed by atoms with Gasteiger partial charge >= 0.3 is 0 Å². The number of hydrogen-bond donors (Lipinski definition) is 1. The predicted molar refractivity (Wildman–Crippen MR) is 76.5 cm³/mol. The van der Waals surface area contributed by atoms with Crippen molar-refractivity contribution >= 4 is 23.2 Å². The van der Waals surface area contributed by atoms with Crippen molar-refractivity contribution in [3.05, 3.63) is 33.8 Å². The van der Waals surface area contributed by atoms with Gasteiger partial charge in [-0.25, -0.2) is 0 Å².